The average Bonchev–Trinajstić information content (AvgIpc) is 2.82. The third-order valence-electron chi connectivity index (χ3n) is 4.89. The van der Waals surface area contributed by atoms with Crippen LogP contribution in [-0.2, 0) is 25.8 Å². The fourth-order valence-electron chi connectivity index (χ4n) is 3.25. The van der Waals surface area contributed by atoms with E-state index in [1.54, 1.807) is 11.0 Å². The van der Waals surface area contributed by atoms with Gasteiger partial charge in [0.25, 0.3) is 0 Å². The summed E-state index contributed by atoms with van der Waals surface area (Å²) in [6.07, 6.45) is 10.3. The standard InChI is InChI=1S/C24H27N3O4S/c1-2-11-25-24(30)16-26-12-13-32-23(15-26)20-9-6-10-22(29)21(20)14-27(18-28)31-17-19-7-4-3-5-8-19/h3-10,12-13,15,18,21H,2,11,14,16-17H2,1H3,(H,25,30). The minimum absolute atomic E-state index is 0.0643. The van der Waals surface area contributed by atoms with Gasteiger partial charge in [0.05, 0.1) is 12.5 Å². The second-order valence-corrected chi connectivity index (χ2v) is 8.27. The molecule has 1 aromatic rings. The first-order chi connectivity index (χ1) is 15.6. The predicted molar refractivity (Wildman–Crippen MR) is 125 cm³/mol. The molecule has 1 aromatic carbocycles. The molecule has 0 bridgehead atoms. The van der Waals surface area contributed by atoms with E-state index in [9.17, 15) is 14.4 Å². The lowest BCUT2D eigenvalue weighted by Gasteiger charge is -2.28. The highest BCUT2D eigenvalue weighted by Crippen LogP contribution is 2.36. The summed E-state index contributed by atoms with van der Waals surface area (Å²) < 4.78 is 0. The fraction of sp³-hybridized carbons (Fsp3) is 0.292. The fourth-order valence-corrected chi connectivity index (χ4v) is 4.15. The van der Waals surface area contributed by atoms with Crippen LogP contribution in [0.25, 0.3) is 0 Å². The maximum Gasteiger partial charge on any atom is 0.239 e. The van der Waals surface area contributed by atoms with Gasteiger partial charge >= 0.3 is 0 Å². The molecule has 1 unspecified atom stereocenters. The van der Waals surface area contributed by atoms with E-state index in [0.29, 0.717) is 13.0 Å². The maximum atomic E-state index is 12.7. The number of carbonyl (C=O) groups excluding carboxylic acids is 3. The molecule has 0 spiro atoms. The van der Waals surface area contributed by atoms with E-state index >= 15 is 0 Å². The van der Waals surface area contributed by atoms with Crippen molar-refractivity contribution in [3.05, 3.63) is 82.4 Å². The van der Waals surface area contributed by atoms with Gasteiger partial charge in [-0.15, -0.1) is 0 Å². The summed E-state index contributed by atoms with van der Waals surface area (Å²) in [6.45, 7) is 3.17. The molecule has 168 valence electrons. The first-order valence-corrected chi connectivity index (χ1v) is 11.4. The molecule has 1 heterocycles. The largest absolute Gasteiger partial charge is 0.355 e. The number of nitrogens with zero attached hydrogens (tertiary/aromatic N) is 2. The number of benzene rings is 1. The smallest absolute Gasteiger partial charge is 0.239 e. The van der Waals surface area contributed by atoms with Gasteiger partial charge < -0.3 is 10.2 Å². The summed E-state index contributed by atoms with van der Waals surface area (Å²) in [4.78, 5) is 44.7. The molecule has 0 aromatic heterocycles. The summed E-state index contributed by atoms with van der Waals surface area (Å²) in [5.41, 5.74) is 1.72. The number of hydrogen-bond acceptors (Lipinski definition) is 6. The normalized spacial score (nSPS) is 17.6. The molecule has 2 aliphatic rings. The SMILES string of the molecule is CCCNC(=O)CN1C=CSC(C2=CC=CC(=O)C2CN(C=O)OCc2ccccc2)=C1. The third-order valence-corrected chi connectivity index (χ3v) is 5.74. The number of nitrogens with one attached hydrogen (secondary N) is 1. The van der Waals surface area contributed by atoms with E-state index in [4.69, 9.17) is 4.84 Å². The Labute approximate surface area is 192 Å². The van der Waals surface area contributed by atoms with Gasteiger partial charge in [0.2, 0.25) is 12.3 Å². The summed E-state index contributed by atoms with van der Waals surface area (Å²) in [7, 11) is 0. The minimum atomic E-state index is -0.554. The Balaban J connectivity index is 1.68. The van der Waals surface area contributed by atoms with Crippen molar-refractivity contribution in [2.24, 2.45) is 5.92 Å². The van der Waals surface area contributed by atoms with Crippen LogP contribution in [0, 0.1) is 5.92 Å². The molecule has 0 fully saturated rings. The second-order valence-electron chi connectivity index (χ2n) is 7.32. The van der Waals surface area contributed by atoms with Crippen molar-refractivity contribution < 1.29 is 19.2 Å². The Morgan fingerprint density at radius 1 is 1.31 bits per heavy atom. The molecular formula is C24H27N3O4S. The molecule has 2 amide bonds. The number of rotatable bonds is 11. The van der Waals surface area contributed by atoms with Gasteiger partial charge in [-0.05, 0) is 29.0 Å². The van der Waals surface area contributed by atoms with Crippen molar-refractivity contribution in [3.63, 3.8) is 0 Å². The number of carbonyl (C=O) groups is 3. The maximum absolute atomic E-state index is 12.7. The summed E-state index contributed by atoms with van der Waals surface area (Å²) in [5.74, 6) is -0.714. The highest BCUT2D eigenvalue weighted by atomic mass is 32.2. The number of thioether (sulfide) groups is 1. The van der Waals surface area contributed by atoms with Crippen LogP contribution in [0.15, 0.2) is 76.8 Å². The Bertz CT molecular complexity index is 940. The lowest BCUT2D eigenvalue weighted by Crippen LogP contribution is -2.35. The van der Waals surface area contributed by atoms with Gasteiger partial charge in [-0.3, -0.25) is 19.2 Å². The molecule has 0 radical (unpaired) electrons. The molecule has 7 nitrogen and oxygen atoms in total. The molecule has 8 heteroatoms. The highest BCUT2D eigenvalue weighted by molar-refractivity contribution is 8.06. The topological polar surface area (TPSA) is 79.0 Å². The highest BCUT2D eigenvalue weighted by Gasteiger charge is 2.29. The van der Waals surface area contributed by atoms with Crippen molar-refractivity contribution in [1.29, 1.82) is 0 Å². The molecule has 1 aliphatic heterocycles. The Kier molecular flexibility index (Phi) is 8.89. The van der Waals surface area contributed by atoms with Crippen molar-refractivity contribution >= 4 is 29.9 Å². The molecular weight excluding hydrogens is 426 g/mol. The number of hydrogen-bond donors (Lipinski definition) is 1. The van der Waals surface area contributed by atoms with Crippen LogP contribution in [0.4, 0.5) is 0 Å². The lowest BCUT2D eigenvalue weighted by atomic mass is 9.89. The molecule has 0 saturated carbocycles. The number of amides is 2. The Morgan fingerprint density at radius 2 is 2.12 bits per heavy atom. The van der Waals surface area contributed by atoms with E-state index in [1.165, 1.54) is 22.9 Å². The molecule has 32 heavy (non-hydrogen) atoms. The average molecular weight is 454 g/mol. The first kappa shape index (κ1) is 23.6. The monoisotopic (exact) mass is 453 g/mol. The molecule has 0 saturated heterocycles. The lowest BCUT2D eigenvalue weighted by molar-refractivity contribution is -0.180. The van der Waals surface area contributed by atoms with Crippen molar-refractivity contribution in [1.82, 2.24) is 15.3 Å². The molecule has 1 atom stereocenters. The third kappa shape index (κ3) is 6.70. The zero-order valence-electron chi connectivity index (χ0n) is 18.0. The van der Waals surface area contributed by atoms with Gasteiger partial charge in [0.15, 0.2) is 5.78 Å². The number of hydroxylamine groups is 2. The zero-order valence-corrected chi connectivity index (χ0v) is 18.8. The minimum Gasteiger partial charge on any atom is -0.355 e. The van der Waals surface area contributed by atoms with E-state index in [1.807, 2.05) is 61.1 Å². The summed E-state index contributed by atoms with van der Waals surface area (Å²) >= 11 is 1.47. The van der Waals surface area contributed by atoms with Crippen LogP contribution in [0.5, 0.6) is 0 Å². The van der Waals surface area contributed by atoms with Crippen LogP contribution in [0.1, 0.15) is 18.9 Å². The molecule has 1 N–H and O–H groups in total. The van der Waals surface area contributed by atoms with E-state index < -0.39 is 5.92 Å². The van der Waals surface area contributed by atoms with E-state index in [2.05, 4.69) is 5.32 Å². The van der Waals surface area contributed by atoms with E-state index in [0.717, 1.165) is 22.5 Å². The van der Waals surface area contributed by atoms with Crippen LogP contribution in [-0.4, -0.2) is 47.7 Å². The number of allylic oxidation sites excluding steroid dienone is 4. The van der Waals surface area contributed by atoms with Crippen LogP contribution < -0.4 is 5.32 Å². The molecule has 1 aliphatic carbocycles. The van der Waals surface area contributed by atoms with Crippen LogP contribution in [0.3, 0.4) is 0 Å². The van der Waals surface area contributed by atoms with Crippen molar-refractivity contribution in [2.75, 3.05) is 19.6 Å². The predicted octanol–water partition coefficient (Wildman–Crippen LogP) is 3.15. The zero-order chi connectivity index (χ0) is 22.8. The van der Waals surface area contributed by atoms with Gasteiger partial charge in [0.1, 0.15) is 13.2 Å². The van der Waals surface area contributed by atoms with Gasteiger partial charge in [-0.2, -0.15) is 0 Å². The number of ketones is 1. The Hall–Kier alpha value is -3.10. The van der Waals surface area contributed by atoms with Crippen LogP contribution in [0.2, 0.25) is 0 Å². The van der Waals surface area contributed by atoms with Gasteiger partial charge in [-0.25, -0.2) is 5.06 Å². The van der Waals surface area contributed by atoms with Gasteiger partial charge in [-0.1, -0.05) is 61.2 Å². The van der Waals surface area contributed by atoms with Crippen molar-refractivity contribution in [2.45, 2.75) is 20.0 Å². The Morgan fingerprint density at radius 3 is 2.88 bits per heavy atom. The summed E-state index contributed by atoms with van der Waals surface area (Å²) in [5, 5.41) is 5.91. The molecule has 3 rings (SSSR count). The van der Waals surface area contributed by atoms with E-state index in [-0.39, 0.29) is 31.4 Å². The van der Waals surface area contributed by atoms with Crippen LogP contribution >= 0.6 is 11.8 Å². The second kappa shape index (κ2) is 12.1. The summed E-state index contributed by atoms with van der Waals surface area (Å²) in [6, 6.07) is 9.52. The van der Waals surface area contributed by atoms with Crippen molar-refractivity contribution in [3.8, 4) is 0 Å². The first-order valence-electron chi connectivity index (χ1n) is 10.5. The van der Waals surface area contributed by atoms with Gasteiger partial charge in [0, 0.05) is 23.8 Å². The quantitative estimate of drug-likeness (QED) is 0.410.